The van der Waals surface area contributed by atoms with E-state index in [2.05, 4.69) is 13.0 Å². The first-order chi connectivity index (χ1) is 11.1. The molecule has 3 nitrogen and oxygen atoms in total. The monoisotopic (exact) mass is 327 g/mol. The summed E-state index contributed by atoms with van der Waals surface area (Å²) in [5, 5.41) is 9.90. The van der Waals surface area contributed by atoms with Crippen molar-refractivity contribution in [3.63, 3.8) is 0 Å². The van der Waals surface area contributed by atoms with E-state index in [0.29, 0.717) is 0 Å². The Morgan fingerprint density at radius 1 is 0.913 bits per heavy atom. The number of hydrogen-bond donors (Lipinski definition) is 2. The van der Waals surface area contributed by atoms with E-state index in [9.17, 15) is 5.11 Å². The van der Waals surface area contributed by atoms with E-state index in [0.717, 1.165) is 6.42 Å². The van der Waals surface area contributed by atoms with E-state index in [4.69, 9.17) is 10.5 Å². The number of hydrogen-bond acceptors (Lipinski definition) is 3. The average Bonchev–Trinajstić information content (AvgIpc) is 2.57. The molecule has 0 saturated carbocycles. The Balaban J connectivity index is 3.37. The smallest absolute Gasteiger partial charge is 0.0897 e. The zero-order valence-electron chi connectivity index (χ0n) is 15.8. The SMILES string of the molecule is CCCCCCCCCCCCCC=CC(O)C(N)C(C)OC. The van der Waals surface area contributed by atoms with Gasteiger partial charge in [-0.1, -0.05) is 83.3 Å². The summed E-state index contributed by atoms with van der Waals surface area (Å²) in [6.07, 6.45) is 19.2. The van der Waals surface area contributed by atoms with Gasteiger partial charge < -0.3 is 15.6 Å². The van der Waals surface area contributed by atoms with Crippen molar-refractivity contribution in [2.24, 2.45) is 5.73 Å². The molecule has 0 aliphatic carbocycles. The third-order valence-corrected chi connectivity index (χ3v) is 4.62. The van der Waals surface area contributed by atoms with Gasteiger partial charge >= 0.3 is 0 Å². The second kappa shape index (κ2) is 16.5. The van der Waals surface area contributed by atoms with Gasteiger partial charge in [0.2, 0.25) is 0 Å². The Hall–Kier alpha value is -0.380. The van der Waals surface area contributed by atoms with Gasteiger partial charge in [0.25, 0.3) is 0 Å². The molecule has 3 atom stereocenters. The highest BCUT2D eigenvalue weighted by Gasteiger charge is 2.18. The normalized spacial score (nSPS) is 15.9. The third kappa shape index (κ3) is 13.7. The average molecular weight is 328 g/mol. The predicted molar refractivity (Wildman–Crippen MR) is 101 cm³/mol. The summed E-state index contributed by atoms with van der Waals surface area (Å²) in [6, 6.07) is -0.353. The first-order valence-electron chi connectivity index (χ1n) is 9.76. The lowest BCUT2D eigenvalue weighted by atomic mass is 10.0. The van der Waals surface area contributed by atoms with Crippen LogP contribution >= 0.6 is 0 Å². The number of rotatable bonds is 16. The van der Waals surface area contributed by atoms with Crippen LogP contribution in [0.15, 0.2) is 12.2 Å². The number of allylic oxidation sites excluding steroid dienone is 1. The van der Waals surface area contributed by atoms with Crippen LogP contribution in [0.3, 0.4) is 0 Å². The fraction of sp³-hybridized carbons (Fsp3) is 0.900. The van der Waals surface area contributed by atoms with Crippen molar-refractivity contribution >= 4 is 0 Å². The van der Waals surface area contributed by atoms with Crippen LogP contribution in [-0.4, -0.2) is 30.5 Å². The minimum absolute atomic E-state index is 0.128. The Morgan fingerprint density at radius 2 is 1.39 bits per heavy atom. The highest BCUT2D eigenvalue weighted by molar-refractivity contribution is 4.95. The molecule has 0 aromatic carbocycles. The second-order valence-electron chi connectivity index (χ2n) is 6.76. The maximum absolute atomic E-state index is 9.90. The molecule has 0 aromatic heterocycles. The number of methoxy groups -OCH3 is 1. The molecular weight excluding hydrogens is 286 g/mol. The summed E-state index contributed by atoms with van der Waals surface area (Å²) in [5.74, 6) is 0. The molecule has 0 aliphatic heterocycles. The van der Waals surface area contributed by atoms with Crippen LogP contribution in [0.4, 0.5) is 0 Å². The van der Waals surface area contributed by atoms with Crippen molar-refractivity contribution in [3.8, 4) is 0 Å². The third-order valence-electron chi connectivity index (χ3n) is 4.62. The molecule has 3 unspecified atom stereocenters. The molecular formula is C20H41NO2. The van der Waals surface area contributed by atoms with Gasteiger partial charge in [-0.05, 0) is 19.8 Å². The fourth-order valence-corrected chi connectivity index (χ4v) is 2.73. The van der Waals surface area contributed by atoms with Gasteiger partial charge in [-0.2, -0.15) is 0 Å². The Bertz CT molecular complexity index is 268. The Morgan fingerprint density at radius 3 is 1.87 bits per heavy atom. The summed E-state index contributed by atoms with van der Waals surface area (Å²) >= 11 is 0. The van der Waals surface area contributed by atoms with Crippen molar-refractivity contribution in [1.82, 2.24) is 0 Å². The first kappa shape index (κ1) is 22.6. The van der Waals surface area contributed by atoms with Gasteiger partial charge in [0.05, 0.1) is 18.2 Å². The summed E-state index contributed by atoms with van der Waals surface area (Å²) < 4.78 is 5.13. The van der Waals surface area contributed by atoms with E-state index in [1.165, 1.54) is 70.6 Å². The summed E-state index contributed by atoms with van der Waals surface area (Å²) in [6.45, 7) is 4.15. The molecule has 0 fully saturated rings. The van der Waals surface area contributed by atoms with Crippen molar-refractivity contribution in [1.29, 1.82) is 0 Å². The number of aliphatic hydroxyl groups excluding tert-OH is 1. The lowest BCUT2D eigenvalue weighted by molar-refractivity contribution is 0.0518. The lowest BCUT2D eigenvalue weighted by Crippen LogP contribution is -2.43. The van der Waals surface area contributed by atoms with Crippen LogP contribution in [0, 0.1) is 0 Å². The molecule has 138 valence electrons. The number of ether oxygens (including phenoxy) is 1. The molecule has 0 aromatic rings. The molecule has 0 bridgehead atoms. The summed E-state index contributed by atoms with van der Waals surface area (Å²) in [7, 11) is 1.62. The van der Waals surface area contributed by atoms with Crippen LogP contribution in [0.1, 0.15) is 90.9 Å². The standard InChI is InChI=1S/C20H41NO2/c1-4-5-6-7-8-9-10-11-12-13-14-15-16-17-19(22)20(21)18(2)23-3/h16-20,22H,4-15,21H2,1-3H3. The molecule has 3 N–H and O–H groups in total. The van der Waals surface area contributed by atoms with Crippen molar-refractivity contribution < 1.29 is 9.84 Å². The predicted octanol–water partition coefficient (Wildman–Crippen LogP) is 4.97. The van der Waals surface area contributed by atoms with Crippen molar-refractivity contribution in [2.75, 3.05) is 7.11 Å². The molecule has 0 aliphatic rings. The molecule has 0 spiro atoms. The Kier molecular flexibility index (Phi) is 16.2. The van der Waals surface area contributed by atoms with Crippen molar-refractivity contribution in [2.45, 2.75) is 109 Å². The largest absolute Gasteiger partial charge is 0.387 e. The minimum atomic E-state index is -0.613. The number of nitrogens with two attached hydrogens (primary N) is 1. The zero-order chi connectivity index (χ0) is 17.3. The van der Waals surface area contributed by atoms with Crippen LogP contribution in [-0.2, 0) is 4.74 Å². The van der Waals surface area contributed by atoms with Crippen LogP contribution in [0.2, 0.25) is 0 Å². The molecule has 0 heterocycles. The highest BCUT2D eigenvalue weighted by Crippen LogP contribution is 2.12. The topological polar surface area (TPSA) is 55.5 Å². The quantitative estimate of drug-likeness (QED) is 0.311. The van der Waals surface area contributed by atoms with Gasteiger partial charge in [0.1, 0.15) is 0 Å². The molecule has 0 rings (SSSR count). The van der Waals surface area contributed by atoms with Gasteiger partial charge in [-0.25, -0.2) is 0 Å². The molecule has 23 heavy (non-hydrogen) atoms. The first-order valence-corrected chi connectivity index (χ1v) is 9.76. The summed E-state index contributed by atoms with van der Waals surface area (Å²) in [5.41, 5.74) is 5.89. The van der Waals surface area contributed by atoms with Crippen LogP contribution in [0.5, 0.6) is 0 Å². The number of unbranched alkanes of at least 4 members (excludes halogenated alkanes) is 11. The zero-order valence-corrected chi connectivity index (χ0v) is 15.8. The maximum Gasteiger partial charge on any atom is 0.0897 e. The minimum Gasteiger partial charge on any atom is -0.387 e. The maximum atomic E-state index is 9.90. The van der Waals surface area contributed by atoms with Gasteiger partial charge in [-0.3, -0.25) is 0 Å². The van der Waals surface area contributed by atoms with E-state index < -0.39 is 6.10 Å². The second-order valence-corrected chi connectivity index (χ2v) is 6.76. The fourth-order valence-electron chi connectivity index (χ4n) is 2.73. The summed E-state index contributed by atoms with van der Waals surface area (Å²) in [4.78, 5) is 0. The van der Waals surface area contributed by atoms with Gasteiger partial charge in [0, 0.05) is 7.11 Å². The van der Waals surface area contributed by atoms with Crippen LogP contribution in [0.25, 0.3) is 0 Å². The van der Waals surface area contributed by atoms with Crippen molar-refractivity contribution in [3.05, 3.63) is 12.2 Å². The molecule has 0 radical (unpaired) electrons. The van der Waals surface area contributed by atoms with Crippen LogP contribution < -0.4 is 5.73 Å². The van der Waals surface area contributed by atoms with E-state index >= 15 is 0 Å². The van der Waals surface area contributed by atoms with E-state index in [1.54, 1.807) is 7.11 Å². The van der Waals surface area contributed by atoms with E-state index in [1.807, 2.05) is 13.0 Å². The lowest BCUT2D eigenvalue weighted by Gasteiger charge is -2.21. The molecule has 3 heteroatoms. The van der Waals surface area contributed by atoms with Gasteiger partial charge in [0.15, 0.2) is 0 Å². The molecule has 0 amide bonds. The van der Waals surface area contributed by atoms with E-state index in [-0.39, 0.29) is 12.1 Å². The van der Waals surface area contributed by atoms with Gasteiger partial charge in [-0.15, -0.1) is 0 Å². The Labute approximate surface area is 144 Å². The number of aliphatic hydroxyl groups is 1. The highest BCUT2D eigenvalue weighted by atomic mass is 16.5. The molecule has 0 saturated heterocycles.